The monoisotopic (exact) mass is 966 g/mol. The highest BCUT2D eigenvalue weighted by atomic mass is 32.2. The van der Waals surface area contributed by atoms with E-state index in [4.69, 9.17) is 19.6 Å². The van der Waals surface area contributed by atoms with Crippen molar-refractivity contribution >= 4 is 31.6 Å². The maximum atomic E-state index is 14.5. The highest BCUT2D eigenvalue weighted by Gasteiger charge is 2.55. The molecule has 0 unspecified atom stereocenters. The summed E-state index contributed by atoms with van der Waals surface area (Å²) in [5.74, 6) is -2.61. The standard InChI is InChI=1S/C33H47FN6O3S.C6H14O12P2/c1-23-21-38(33(4)12-16-37(17-13-33)32(41)30-24(2)35-22-36-25(30)3)18-19-40(23)31(27-6-5-7-28(34)20-27)26-10-14-39(15-11-26)44(42,43)29-8-9-29;7-4-3(1-16-19(10,11)12)18-6(9,5(4)8)2-17-20(13,14)15/h5-7,20,22-23,26,29,31H,8-19,21H2,1-4H3;3-5,7-9H,1-2H2,(H2,10,11,12)(H2,13,14,15)/t23-,31+;3-,4-,5+,6-/m11/s1. The first-order valence-electron chi connectivity index (χ1n) is 21.3. The van der Waals surface area contributed by atoms with Gasteiger partial charge >= 0.3 is 15.6 Å². The second-order valence-corrected chi connectivity index (χ2v) is 22.4. The largest absolute Gasteiger partial charge is 0.469 e. The molecule has 1 saturated carbocycles. The number of aliphatic hydroxyl groups is 3. The third-order valence-electron chi connectivity index (χ3n) is 13.2. The fourth-order valence-electron chi connectivity index (χ4n) is 9.36. The van der Waals surface area contributed by atoms with Crippen LogP contribution in [0.3, 0.4) is 0 Å². The number of benzene rings is 1. The van der Waals surface area contributed by atoms with Gasteiger partial charge in [-0.2, -0.15) is 0 Å². The molecule has 4 aliphatic heterocycles. The molecule has 6 atom stereocenters. The number of phosphoric acid groups is 2. The zero-order valence-corrected chi connectivity index (χ0v) is 38.9. The number of piperazine rings is 1. The molecule has 7 rings (SSSR count). The van der Waals surface area contributed by atoms with E-state index in [0.29, 0.717) is 31.7 Å². The molecule has 5 fully saturated rings. The number of likely N-dealkylation sites (tertiary alicyclic amines) is 1. The minimum Gasteiger partial charge on any atom is -0.387 e. The molecular formula is C39H61FN6O15P2S. The average molecular weight is 967 g/mol. The molecule has 25 heteroatoms. The molecule has 2 aromatic rings. The van der Waals surface area contributed by atoms with Crippen LogP contribution in [0.1, 0.15) is 85.7 Å². The Morgan fingerprint density at radius 3 is 2.11 bits per heavy atom. The highest BCUT2D eigenvalue weighted by molar-refractivity contribution is 7.90. The Morgan fingerprint density at radius 2 is 1.56 bits per heavy atom. The average Bonchev–Trinajstić information content (AvgIpc) is 4.06. The predicted octanol–water partition coefficient (Wildman–Crippen LogP) is 1.19. The van der Waals surface area contributed by atoms with Crippen LogP contribution in [-0.2, 0) is 32.9 Å². The Morgan fingerprint density at radius 1 is 0.953 bits per heavy atom. The molecule has 1 aliphatic carbocycles. The number of phosphoric ester groups is 2. The number of aryl methyl sites for hydroxylation is 2. The van der Waals surface area contributed by atoms with Crippen LogP contribution in [-0.4, -0.2) is 178 Å². The molecule has 0 bridgehead atoms. The first-order valence-corrected chi connectivity index (χ1v) is 25.9. The first-order chi connectivity index (χ1) is 29.8. The van der Waals surface area contributed by atoms with Crippen molar-refractivity contribution in [1.82, 2.24) is 29.0 Å². The molecular weight excluding hydrogens is 905 g/mol. The molecule has 1 amide bonds. The third kappa shape index (κ3) is 12.2. The summed E-state index contributed by atoms with van der Waals surface area (Å²) in [4.78, 5) is 62.9. The molecule has 5 heterocycles. The van der Waals surface area contributed by atoms with E-state index in [1.165, 1.54) is 12.4 Å². The van der Waals surface area contributed by atoms with Crippen molar-refractivity contribution in [2.75, 3.05) is 59.0 Å². The number of aromatic nitrogens is 2. The second-order valence-electron chi connectivity index (χ2n) is 17.7. The summed E-state index contributed by atoms with van der Waals surface area (Å²) in [6, 6.07) is 7.29. The topological polar surface area (TPSA) is 293 Å². The molecule has 1 aromatic carbocycles. The SMILES string of the molecule is Cc1ncnc(C)c1C(=O)N1CCC(C)(N2CCN([C@H](c3cccc(F)c3)C3CCN(S(=O)(=O)C4CC4)CC3)[C@H](C)C2)CC1.O=P(O)(O)OC[C@H]1O[C@](O)(COP(=O)(O)O)[C@@H](O)[C@@H]1O. The fourth-order valence-corrected chi connectivity index (χ4v) is 11.9. The van der Waals surface area contributed by atoms with Gasteiger partial charge in [0.25, 0.3) is 5.91 Å². The third-order valence-corrected chi connectivity index (χ3v) is 16.5. The Balaban J connectivity index is 0.000000286. The van der Waals surface area contributed by atoms with Gasteiger partial charge in [0, 0.05) is 63.4 Å². The predicted molar refractivity (Wildman–Crippen MR) is 226 cm³/mol. The maximum Gasteiger partial charge on any atom is 0.469 e. The summed E-state index contributed by atoms with van der Waals surface area (Å²) >= 11 is 0. The van der Waals surface area contributed by atoms with Gasteiger partial charge in [-0.3, -0.25) is 23.6 Å². The van der Waals surface area contributed by atoms with E-state index in [2.05, 4.69) is 47.4 Å². The molecule has 7 N–H and O–H groups in total. The van der Waals surface area contributed by atoms with E-state index >= 15 is 0 Å². The second kappa shape index (κ2) is 20.0. The van der Waals surface area contributed by atoms with Crippen molar-refractivity contribution in [1.29, 1.82) is 0 Å². The van der Waals surface area contributed by atoms with Crippen LogP contribution in [0.2, 0.25) is 0 Å². The Hall–Kier alpha value is -2.41. The van der Waals surface area contributed by atoms with Gasteiger partial charge in [0.2, 0.25) is 15.8 Å². The van der Waals surface area contributed by atoms with Gasteiger partial charge in [-0.25, -0.2) is 36.2 Å². The molecule has 5 aliphatic rings. The Bertz CT molecular complexity index is 2150. The molecule has 21 nitrogen and oxygen atoms in total. The molecule has 64 heavy (non-hydrogen) atoms. The van der Waals surface area contributed by atoms with Crippen LogP contribution in [0.25, 0.3) is 0 Å². The summed E-state index contributed by atoms with van der Waals surface area (Å²) in [6.45, 7) is 11.4. The smallest absolute Gasteiger partial charge is 0.387 e. The minimum atomic E-state index is -4.96. The van der Waals surface area contributed by atoms with Crippen LogP contribution in [0.4, 0.5) is 4.39 Å². The molecule has 4 saturated heterocycles. The van der Waals surface area contributed by atoms with Crippen molar-refractivity contribution in [2.24, 2.45) is 5.92 Å². The number of carbonyl (C=O) groups excluding carboxylic acids is 1. The quantitative estimate of drug-likeness (QED) is 0.139. The van der Waals surface area contributed by atoms with Gasteiger partial charge in [-0.15, -0.1) is 0 Å². The molecule has 1 aromatic heterocycles. The number of carbonyl (C=O) groups is 1. The Kier molecular flexibility index (Phi) is 16.0. The van der Waals surface area contributed by atoms with Crippen molar-refractivity contribution in [3.63, 3.8) is 0 Å². The number of amides is 1. The van der Waals surface area contributed by atoms with Gasteiger partial charge in [0.05, 0.1) is 28.8 Å². The lowest BCUT2D eigenvalue weighted by atomic mass is 9.82. The number of sulfonamides is 1. The lowest BCUT2D eigenvalue weighted by Crippen LogP contribution is -2.63. The Labute approximate surface area is 372 Å². The van der Waals surface area contributed by atoms with E-state index in [-0.39, 0.29) is 40.5 Å². The molecule has 0 radical (unpaired) electrons. The summed E-state index contributed by atoms with van der Waals surface area (Å²) in [7, 11) is -13.0. The van der Waals surface area contributed by atoms with Gasteiger partial charge in [0.1, 0.15) is 37.1 Å². The zero-order chi connectivity index (χ0) is 47.0. The van der Waals surface area contributed by atoms with E-state index in [1.807, 2.05) is 24.8 Å². The highest BCUT2D eigenvalue weighted by Crippen LogP contribution is 2.43. The van der Waals surface area contributed by atoms with Gasteiger partial charge < -0.3 is 44.5 Å². The number of aliphatic hydroxyl groups excluding tert-OH is 2. The van der Waals surface area contributed by atoms with Crippen molar-refractivity contribution in [3.8, 4) is 0 Å². The first kappa shape index (κ1) is 51.0. The van der Waals surface area contributed by atoms with E-state index in [1.54, 1.807) is 16.4 Å². The van der Waals surface area contributed by atoms with E-state index in [9.17, 15) is 42.1 Å². The summed E-state index contributed by atoms with van der Waals surface area (Å²) in [5, 5.41) is 28.6. The van der Waals surface area contributed by atoms with E-state index < -0.39 is 63.0 Å². The van der Waals surface area contributed by atoms with Crippen LogP contribution >= 0.6 is 15.6 Å². The van der Waals surface area contributed by atoms with Gasteiger partial charge in [0.15, 0.2) is 0 Å². The van der Waals surface area contributed by atoms with Crippen molar-refractivity contribution in [3.05, 3.63) is 58.9 Å². The number of ether oxygens (including phenoxy) is 1. The van der Waals surface area contributed by atoms with Crippen molar-refractivity contribution in [2.45, 2.75) is 113 Å². The molecule has 0 spiro atoms. The fraction of sp³-hybridized carbons (Fsp3) is 0.718. The minimum absolute atomic E-state index is 0.00866. The van der Waals surface area contributed by atoms with Crippen LogP contribution < -0.4 is 0 Å². The summed E-state index contributed by atoms with van der Waals surface area (Å²) < 4.78 is 75.7. The van der Waals surface area contributed by atoms with Crippen LogP contribution in [0.15, 0.2) is 30.6 Å². The number of piperidine rings is 2. The lowest BCUT2D eigenvalue weighted by Gasteiger charge is -2.54. The maximum absolute atomic E-state index is 14.5. The summed E-state index contributed by atoms with van der Waals surface area (Å²) in [6.07, 6.45) is 1.07. The normalized spacial score (nSPS) is 28.4. The zero-order valence-electron chi connectivity index (χ0n) is 36.3. The number of hydrogen-bond donors (Lipinski definition) is 7. The van der Waals surface area contributed by atoms with E-state index in [0.717, 1.165) is 75.1 Å². The lowest BCUT2D eigenvalue weighted by molar-refractivity contribution is -0.245. The number of halogens is 1. The van der Waals surface area contributed by atoms with Gasteiger partial charge in [-0.1, -0.05) is 12.1 Å². The number of rotatable bonds is 13. The number of nitrogens with zero attached hydrogens (tertiary/aromatic N) is 6. The number of hydrogen-bond acceptors (Lipinski definition) is 15. The van der Waals surface area contributed by atoms with Crippen molar-refractivity contribution < 1.29 is 75.4 Å². The summed E-state index contributed by atoms with van der Waals surface area (Å²) in [5.41, 5.74) is 3.05. The molecule has 360 valence electrons. The van der Waals surface area contributed by atoms with Crippen LogP contribution in [0.5, 0.6) is 0 Å². The van der Waals surface area contributed by atoms with Gasteiger partial charge in [-0.05, 0) is 89.8 Å². The van der Waals surface area contributed by atoms with Crippen LogP contribution in [0, 0.1) is 25.6 Å².